The SMILES string of the molecule is NC(=NCN1CCCC1=O)c1sccc1NS(=O)(=O)c1ccc2cc(N)ccc2c1. The van der Waals surface area contributed by atoms with Crippen molar-refractivity contribution in [3.8, 4) is 0 Å². The summed E-state index contributed by atoms with van der Waals surface area (Å²) in [5.41, 5.74) is 12.8. The molecule has 0 spiro atoms. The van der Waals surface area contributed by atoms with Crippen molar-refractivity contribution in [2.24, 2.45) is 10.7 Å². The fourth-order valence-corrected chi connectivity index (χ4v) is 5.23. The molecule has 0 aliphatic carbocycles. The van der Waals surface area contributed by atoms with Crippen molar-refractivity contribution in [3.05, 3.63) is 52.7 Å². The fraction of sp³-hybridized carbons (Fsp3) is 0.200. The molecule has 5 N–H and O–H groups in total. The fourth-order valence-electron chi connectivity index (χ4n) is 3.29. The number of hydrogen-bond donors (Lipinski definition) is 3. The first kappa shape index (κ1) is 20.2. The zero-order valence-corrected chi connectivity index (χ0v) is 17.7. The molecule has 1 fully saturated rings. The number of amidine groups is 1. The Kier molecular flexibility index (Phi) is 5.35. The number of anilines is 2. The van der Waals surface area contributed by atoms with E-state index in [9.17, 15) is 13.2 Å². The molecule has 0 atom stereocenters. The number of sulfonamides is 1. The van der Waals surface area contributed by atoms with Crippen LogP contribution in [0.1, 0.15) is 17.7 Å². The van der Waals surface area contributed by atoms with Gasteiger partial charge in [0, 0.05) is 18.7 Å². The highest BCUT2D eigenvalue weighted by Crippen LogP contribution is 2.27. The Balaban J connectivity index is 1.56. The number of hydrogen-bond acceptors (Lipinski definition) is 6. The number of amides is 1. The lowest BCUT2D eigenvalue weighted by atomic mass is 10.1. The van der Waals surface area contributed by atoms with E-state index < -0.39 is 10.0 Å². The van der Waals surface area contributed by atoms with Crippen molar-refractivity contribution in [2.45, 2.75) is 17.7 Å². The number of aliphatic imine (C=N–C) groups is 1. The minimum absolute atomic E-state index is 0.0525. The van der Waals surface area contributed by atoms with Gasteiger partial charge in [0.1, 0.15) is 12.5 Å². The molecule has 1 saturated heterocycles. The standard InChI is InChI=1S/C20H21N5O3S2/c21-15-5-3-14-11-16(6-4-13(14)10-15)30(27,28)24-17-7-9-29-19(17)20(22)23-12-25-8-1-2-18(25)26/h3-7,9-11,24H,1-2,8,12,21H2,(H2,22,23). The maximum atomic E-state index is 12.9. The van der Waals surface area contributed by atoms with Gasteiger partial charge in [-0.25, -0.2) is 13.4 Å². The van der Waals surface area contributed by atoms with Crippen LogP contribution < -0.4 is 16.2 Å². The van der Waals surface area contributed by atoms with Gasteiger partial charge < -0.3 is 16.4 Å². The maximum Gasteiger partial charge on any atom is 0.261 e. The summed E-state index contributed by atoms with van der Waals surface area (Å²) in [7, 11) is -3.83. The Bertz CT molecular complexity index is 1250. The van der Waals surface area contributed by atoms with Gasteiger partial charge in [-0.15, -0.1) is 11.3 Å². The number of thiophene rings is 1. The van der Waals surface area contributed by atoms with E-state index in [-0.39, 0.29) is 23.3 Å². The van der Waals surface area contributed by atoms with Crippen LogP contribution in [0, 0.1) is 0 Å². The van der Waals surface area contributed by atoms with Crippen molar-refractivity contribution in [1.29, 1.82) is 0 Å². The average Bonchev–Trinajstić information content (AvgIpc) is 3.34. The van der Waals surface area contributed by atoms with Crippen LogP contribution in [0.4, 0.5) is 11.4 Å². The molecular weight excluding hydrogens is 422 g/mol. The average molecular weight is 444 g/mol. The van der Waals surface area contributed by atoms with Gasteiger partial charge in [0.25, 0.3) is 10.0 Å². The third-order valence-corrected chi connectivity index (χ3v) is 7.17. The van der Waals surface area contributed by atoms with Crippen LogP contribution >= 0.6 is 11.3 Å². The molecule has 0 saturated carbocycles. The van der Waals surface area contributed by atoms with Crippen LogP contribution in [0.2, 0.25) is 0 Å². The Morgan fingerprint density at radius 2 is 1.93 bits per heavy atom. The topological polar surface area (TPSA) is 131 Å². The van der Waals surface area contributed by atoms with Crippen molar-refractivity contribution < 1.29 is 13.2 Å². The number of nitrogen functional groups attached to an aromatic ring is 1. The predicted octanol–water partition coefficient (Wildman–Crippen LogP) is 2.57. The summed E-state index contributed by atoms with van der Waals surface area (Å²) in [6.07, 6.45) is 1.34. The van der Waals surface area contributed by atoms with Crippen molar-refractivity contribution >= 4 is 55.3 Å². The lowest BCUT2D eigenvalue weighted by Crippen LogP contribution is -2.27. The van der Waals surface area contributed by atoms with Crippen molar-refractivity contribution in [2.75, 3.05) is 23.7 Å². The molecule has 1 amide bonds. The molecule has 156 valence electrons. The van der Waals surface area contributed by atoms with E-state index in [2.05, 4.69) is 9.71 Å². The molecule has 0 unspecified atom stereocenters. The zero-order valence-electron chi connectivity index (χ0n) is 16.0. The Morgan fingerprint density at radius 1 is 1.17 bits per heavy atom. The van der Waals surface area contributed by atoms with Crippen LogP contribution in [0.15, 0.2) is 57.7 Å². The Morgan fingerprint density at radius 3 is 2.70 bits per heavy atom. The van der Waals surface area contributed by atoms with Crippen LogP contribution in [0.25, 0.3) is 10.8 Å². The van der Waals surface area contributed by atoms with Crippen LogP contribution in [-0.2, 0) is 14.8 Å². The summed E-state index contributed by atoms with van der Waals surface area (Å²) < 4.78 is 28.5. The quantitative estimate of drug-likeness (QED) is 0.306. The van der Waals surface area contributed by atoms with Gasteiger partial charge in [-0.3, -0.25) is 9.52 Å². The van der Waals surface area contributed by atoms with Gasteiger partial charge >= 0.3 is 0 Å². The second-order valence-corrected chi connectivity index (χ2v) is 9.58. The summed E-state index contributed by atoms with van der Waals surface area (Å²) in [5, 5.41) is 3.37. The number of benzene rings is 2. The second kappa shape index (κ2) is 7.96. The lowest BCUT2D eigenvalue weighted by molar-refractivity contribution is -0.127. The highest BCUT2D eigenvalue weighted by Gasteiger charge is 2.21. The van der Waals surface area contributed by atoms with E-state index in [0.29, 0.717) is 29.2 Å². The molecule has 30 heavy (non-hydrogen) atoms. The first-order valence-electron chi connectivity index (χ1n) is 9.31. The van der Waals surface area contributed by atoms with Crippen molar-refractivity contribution in [3.63, 3.8) is 0 Å². The van der Waals surface area contributed by atoms with E-state index in [1.54, 1.807) is 46.7 Å². The van der Waals surface area contributed by atoms with Gasteiger partial charge in [-0.05, 0) is 52.9 Å². The second-order valence-electron chi connectivity index (χ2n) is 6.98. The molecule has 1 aromatic heterocycles. The number of carbonyl (C=O) groups excluding carboxylic acids is 1. The molecule has 0 bridgehead atoms. The molecule has 2 aromatic carbocycles. The van der Waals surface area contributed by atoms with Crippen molar-refractivity contribution in [1.82, 2.24) is 4.90 Å². The molecule has 3 aromatic rings. The van der Waals surface area contributed by atoms with Crippen LogP contribution in [-0.4, -0.2) is 38.3 Å². The van der Waals surface area contributed by atoms with E-state index in [0.717, 1.165) is 17.2 Å². The summed E-state index contributed by atoms with van der Waals surface area (Å²) in [5.74, 6) is 0.244. The molecule has 4 rings (SSSR count). The number of carbonyl (C=O) groups is 1. The molecular formula is C20H21N5O3S2. The molecule has 0 radical (unpaired) electrons. The van der Waals surface area contributed by atoms with Gasteiger partial charge in [0.15, 0.2) is 0 Å². The van der Waals surface area contributed by atoms with E-state index in [4.69, 9.17) is 11.5 Å². The largest absolute Gasteiger partial charge is 0.399 e. The smallest absolute Gasteiger partial charge is 0.261 e. The van der Waals surface area contributed by atoms with E-state index in [1.165, 1.54) is 17.4 Å². The summed E-state index contributed by atoms with van der Waals surface area (Å²) in [6, 6.07) is 11.8. The van der Waals surface area contributed by atoms with Gasteiger partial charge in [-0.1, -0.05) is 12.1 Å². The van der Waals surface area contributed by atoms with E-state index in [1.807, 2.05) is 0 Å². The maximum absolute atomic E-state index is 12.9. The first-order valence-corrected chi connectivity index (χ1v) is 11.7. The van der Waals surface area contributed by atoms with Crippen LogP contribution in [0.3, 0.4) is 0 Å². The minimum Gasteiger partial charge on any atom is -0.399 e. The number of likely N-dealkylation sites (tertiary alicyclic amines) is 1. The number of nitrogens with zero attached hydrogens (tertiary/aromatic N) is 2. The highest BCUT2D eigenvalue weighted by molar-refractivity contribution is 7.92. The van der Waals surface area contributed by atoms with E-state index >= 15 is 0 Å². The van der Waals surface area contributed by atoms with Gasteiger partial charge in [0.2, 0.25) is 5.91 Å². The summed E-state index contributed by atoms with van der Waals surface area (Å²) >= 11 is 1.28. The minimum atomic E-state index is -3.83. The summed E-state index contributed by atoms with van der Waals surface area (Å²) in [6.45, 7) is 0.829. The third kappa shape index (κ3) is 4.10. The van der Waals surface area contributed by atoms with Gasteiger partial charge in [0.05, 0.1) is 15.5 Å². The Labute approximate surface area is 178 Å². The third-order valence-electron chi connectivity index (χ3n) is 4.87. The molecule has 8 nitrogen and oxygen atoms in total. The Hall–Kier alpha value is -3.11. The van der Waals surface area contributed by atoms with Gasteiger partial charge in [-0.2, -0.15) is 0 Å². The first-order chi connectivity index (χ1) is 14.3. The number of nitrogens with one attached hydrogen (secondary N) is 1. The normalized spacial score (nSPS) is 15.1. The molecule has 2 heterocycles. The highest BCUT2D eigenvalue weighted by atomic mass is 32.2. The van der Waals surface area contributed by atoms with Crippen LogP contribution in [0.5, 0.6) is 0 Å². The predicted molar refractivity (Wildman–Crippen MR) is 120 cm³/mol. The number of rotatable bonds is 6. The molecule has 1 aliphatic heterocycles. The number of nitrogens with two attached hydrogens (primary N) is 2. The summed E-state index contributed by atoms with van der Waals surface area (Å²) in [4.78, 5) is 18.3. The zero-order chi connectivity index (χ0) is 21.3. The molecule has 1 aliphatic rings. The number of fused-ring (bicyclic) bond motifs is 1. The monoisotopic (exact) mass is 443 g/mol. The lowest BCUT2D eigenvalue weighted by Gasteiger charge is -2.13. The molecule has 10 heteroatoms.